The molecule has 0 unspecified atom stereocenters. The summed E-state index contributed by atoms with van der Waals surface area (Å²) in [6.07, 6.45) is 2.02. The highest BCUT2D eigenvalue weighted by Gasteiger charge is 2.35. The van der Waals surface area contributed by atoms with Crippen LogP contribution in [0.5, 0.6) is 0 Å². The normalized spacial score (nSPS) is 16.1. The van der Waals surface area contributed by atoms with Gasteiger partial charge in [0.15, 0.2) is 11.0 Å². The summed E-state index contributed by atoms with van der Waals surface area (Å²) in [5.74, 6) is 1.49. The molecule has 1 saturated carbocycles. The van der Waals surface area contributed by atoms with Crippen molar-refractivity contribution in [3.05, 3.63) is 59.1 Å². The van der Waals surface area contributed by atoms with Crippen LogP contribution >= 0.6 is 23.4 Å². The van der Waals surface area contributed by atoms with Crippen molar-refractivity contribution in [2.24, 2.45) is 5.92 Å². The molecule has 3 aromatic rings. The van der Waals surface area contributed by atoms with Crippen LogP contribution in [0, 0.1) is 12.8 Å². The van der Waals surface area contributed by atoms with Crippen molar-refractivity contribution in [3.8, 4) is 17.1 Å². The van der Waals surface area contributed by atoms with Crippen molar-refractivity contribution in [1.29, 1.82) is 0 Å². The number of carbonyl (C=O) groups is 2. The van der Waals surface area contributed by atoms with Gasteiger partial charge in [-0.2, -0.15) is 0 Å². The van der Waals surface area contributed by atoms with Gasteiger partial charge in [-0.05, 0) is 61.7 Å². The lowest BCUT2D eigenvalue weighted by Crippen LogP contribution is -2.51. The van der Waals surface area contributed by atoms with Gasteiger partial charge in [-0.1, -0.05) is 35.5 Å². The summed E-state index contributed by atoms with van der Waals surface area (Å²) < 4.78 is 1.99. The Kier molecular flexibility index (Phi) is 6.61. The molecular formula is C25H26ClN5O2S. The third kappa shape index (κ3) is 4.98. The number of amides is 2. The number of hydrogen-bond donors (Lipinski definition) is 0. The first kappa shape index (κ1) is 22.9. The number of aromatic nitrogens is 3. The van der Waals surface area contributed by atoms with Gasteiger partial charge in [-0.15, -0.1) is 10.2 Å². The van der Waals surface area contributed by atoms with E-state index >= 15 is 0 Å². The summed E-state index contributed by atoms with van der Waals surface area (Å²) in [6, 6.07) is 15.6. The topological polar surface area (TPSA) is 71.3 Å². The molecule has 2 fully saturated rings. The van der Waals surface area contributed by atoms with Gasteiger partial charge in [0.25, 0.3) is 0 Å². The van der Waals surface area contributed by atoms with Crippen LogP contribution in [0.15, 0.2) is 53.7 Å². The molecule has 1 aliphatic heterocycles. The van der Waals surface area contributed by atoms with Crippen LogP contribution in [-0.2, 0) is 9.59 Å². The Morgan fingerprint density at radius 3 is 2.38 bits per heavy atom. The molecule has 0 N–H and O–H groups in total. The monoisotopic (exact) mass is 495 g/mol. The number of benzene rings is 2. The van der Waals surface area contributed by atoms with Crippen LogP contribution in [0.25, 0.3) is 17.1 Å². The highest BCUT2D eigenvalue weighted by Crippen LogP contribution is 2.32. The average Bonchev–Trinajstić information content (AvgIpc) is 3.62. The van der Waals surface area contributed by atoms with E-state index in [1.165, 1.54) is 11.8 Å². The fraction of sp³-hybridized carbons (Fsp3) is 0.360. The fourth-order valence-electron chi connectivity index (χ4n) is 4.13. The molecule has 2 aliphatic rings. The Balaban J connectivity index is 1.31. The Morgan fingerprint density at radius 1 is 1.00 bits per heavy atom. The smallest absolute Gasteiger partial charge is 0.233 e. The lowest BCUT2D eigenvalue weighted by Gasteiger charge is -2.34. The molecule has 5 rings (SSSR count). The van der Waals surface area contributed by atoms with Gasteiger partial charge in [0, 0.05) is 48.4 Å². The molecule has 0 atom stereocenters. The molecule has 1 aromatic heterocycles. The standard InChI is InChI=1S/C25H26ClN5O2S/c1-17-3-2-4-21(15-17)31-23(18-7-9-20(26)10-8-18)27-28-25(31)34-16-22(32)29-11-13-30(14-12-29)24(33)19-5-6-19/h2-4,7-10,15,19H,5-6,11-14,16H2,1H3. The Bertz CT molecular complexity index is 1200. The predicted molar refractivity (Wildman–Crippen MR) is 133 cm³/mol. The van der Waals surface area contributed by atoms with Gasteiger partial charge in [-0.3, -0.25) is 14.2 Å². The highest BCUT2D eigenvalue weighted by molar-refractivity contribution is 7.99. The van der Waals surface area contributed by atoms with Crippen molar-refractivity contribution in [2.45, 2.75) is 24.9 Å². The molecule has 34 heavy (non-hydrogen) atoms. The summed E-state index contributed by atoms with van der Waals surface area (Å²) in [5.41, 5.74) is 2.96. The molecule has 0 spiro atoms. The first-order valence-electron chi connectivity index (χ1n) is 11.5. The quantitative estimate of drug-likeness (QED) is 0.482. The number of rotatable bonds is 6. The maximum absolute atomic E-state index is 12.9. The van der Waals surface area contributed by atoms with Gasteiger partial charge < -0.3 is 9.80 Å². The number of carbonyl (C=O) groups excluding carboxylic acids is 2. The van der Waals surface area contributed by atoms with Gasteiger partial charge in [0.05, 0.1) is 5.75 Å². The van der Waals surface area contributed by atoms with E-state index in [2.05, 4.69) is 16.3 Å². The SMILES string of the molecule is Cc1cccc(-n2c(SCC(=O)N3CCN(C(=O)C4CC4)CC3)nnc2-c2ccc(Cl)cc2)c1. The predicted octanol–water partition coefficient (Wildman–Crippen LogP) is 4.07. The third-order valence-corrected chi connectivity index (χ3v) is 7.36. The minimum atomic E-state index is 0.0513. The second-order valence-corrected chi connectivity index (χ2v) is 10.1. The molecule has 2 aromatic carbocycles. The van der Waals surface area contributed by atoms with Crippen LogP contribution in [-0.4, -0.2) is 68.3 Å². The number of halogens is 1. The van der Waals surface area contributed by atoms with Crippen LogP contribution in [0.1, 0.15) is 18.4 Å². The Morgan fingerprint density at radius 2 is 1.71 bits per heavy atom. The molecule has 1 saturated heterocycles. The molecule has 176 valence electrons. The number of thioether (sulfide) groups is 1. The molecule has 0 radical (unpaired) electrons. The van der Waals surface area contributed by atoms with E-state index in [4.69, 9.17) is 11.6 Å². The summed E-state index contributed by atoms with van der Waals surface area (Å²) in [6.45, 7) is 4.44. The molecular weight excluding hydrogens is 470 g/mol. The zero-order valence-corrected chi connectivity index (χ0v) is 20.6. The highest BCUT2D eigenvalue weighted by atomic mass is 35.5. The number of hydrogen-bond acceptors (Lipinski definition) is 5. The molecule has 2 amide bonds. The van der Waals surface area contributed by atoms with E-state index in [0.717, 1.165) is 29.7 Å². The van der Waals surface area contributed by atoms with E-state index in [1.807, 2.05) is 63.8 Å². The number of nitrogens with zero attached hydrogens (tertiary/aromatic N) is 5. The van der Waals surface area contributed by atoms with Crippen molar-refractivity contribution < 1.29 is 9.59 Å². The zero-order chi connectivity index (χ0) is 23.7. The fourth-order valence-corrected chi connectivity index (χ4v) is 5.11. The summed E-state index contributed by atoms with van der Waals surface area (Å²) in [4.78, 5) is 29.0. The maximum Gasteiger partial charge on any atom is 0.233 e. The molecule has 0 bridgehead atoms. The molecule has 9 heteroatoms. The Hall–Kier alpha value is -2.84. The largest absolute Gasteiger partial charge is 0.339 e. The minimum Gasteiger partial charge on any atom is -0.339 e. The van der Waals surface area contributed by atoms with Crippen molar-refractivity contribution in [3.63, 3.8) is 0 Å². The van der Waals surface area contributed by atoms with Crippen LogP contribution in [0.2, 0.25) is 5.02 Å². The summed E-state index contributed by atoms with van der Waals surface area (Å²) in [7, 11) is 0. The summed E-state index contributed by atoms with van der Waals surface area (Å²) in [5, 5.41) is 10.2. The van der Waals surface area contributed by atoms with Gasteiger partial charge in [-0.25, -0.2) is 0 Å². The van der Waals surface area contributed by atoms with E-state index in [-0.39, 0.29) is 23.5 Å². The van der Waals surface area contributed by atoms with Crippen LogP contribution in [0.3, 0.4) is 0 Å². The van der Waals surface area contributed by atoms with Crippen molar-refractivity contribution in [1.82, 2.24) is 24.6 Å². The molecule has 1 aliphatic carbocycles. The number of aryl methyl sites for hydroxylation is 1. The van der Waals surface area contributed by atoms with E-state index < -0.39 is 0 Å². The van der Waals surface area contributed by atoms with Crippen LogP contribution < -0.4 is 0 Å². The van der Waals surface area contributed by atoms with E-state index in [0.29, 0.717) is 42.2 Å². The number of piperazine rings is 1. The Labute approximate surface area is 208 Å². The lowest BCUT2D eigenvalue weighted by atomic mass is 10.2. The van der Waals surface area contributed by atoms with Crippen LogP contribution in [0.4, 0.5) is 0 Å². The molecule has 7 nitrogen and oxygen atoms in total. The first-order chi connectivity index (χ1) is 16.5. The minimum absolute atomic E-state index is 0.0513. The molecule has 2 heterocycles. The second kappa shape index (κ2) is 9.80. The first-order valence-corrected chi connectivity index (χ1v) is 12.8. The maximum atomic E-state index is 12.9. The average molecular weight is 496 g/mol. The summed E-state index contributed by atoms with van der Waals surface area (Å²) >= 11 is 7.46. The third-order valence-electron chi connectivity index (χ3n) is 6.19. The zero-order valence-electron chi connectivity index (χ0n) is 19.0. The van der Waals surface area contributed by atoms with Gasteiger partial charge >= 0.3 is 0 Å². The van der Waals surface area contributed by atoms with Crippen molar-refractivity contribution in [2.75, 3.05) is 31.9 Å². The van der Waals surface area contributed by atoms with Gasteiger partial charge in [0.2, 0.25) is 11.8 Å². The van der Waals surface area contributed by atoms with Gasteiger partial charge in [0.1, 0.15) is 0 Å². The van der Waals surface area contributed by atoms with E-state index in [9.17, 15) is 9.59 Å². The van der Waals surface area contributed by atoms with E-state index in [1.54, 1.807) is 0 Å². The van der Waals surface area contributed by atoms with Crippen molar-refractivity contribution >= 4 is 35.2 Å². The second-order valence-electron chi connectivity index (χ2n) is 8.76. The lowest BCUT2D eigenvalue weighted by molar-refractivity contribution is -0.139.